The minimum atomic E-state index is -0.187. The summed E-state index contributed by atoms with van der Waals surface area (Å²) in [5, 5.41) is 12.9. The van der Waals surface area contributed by atoms with Crippen molar-refractivity contribution in [2.24, 2.45) is 0 Å². The molecule has 0 saturated carbocycles. The molecule has 0 aliphatic rings. The monoisotopic (exact) mass is 275 g/mol. The van der Waals surface area contributed by atoms with Crippen LogP contribution in [0.5, 0.6) is 5.75 Å². The summed E-state index contributed by atoms with van der Waals surface area (Å²) in [6, 6.07) is 7.75. The van der Waals surface area contributed by atoms with Gasteiger partial charge in [-0.2, -0.15) is 0 Å². The number of rotatable bonds is 6. The Morgan fingerprint density at radius 3 is 2.55 bits per heavy atom. The van der Waals surface area contributed by atoms with Gasteiger partial charge in [0, 0.05) is 11.7 Å². The summed E-state index contributed by atoms with van der Waals surface area (Å²) in [6.07, 6.45) is 3.58. The molecule has 0 saturated heterocycles. The number of aliphatic hydroxyl groups excluding tert-OH is 1. The topological polar surface area (TPSA) is 59.3 Å². The van der Waals surface area contributed by atoms with Crippen molar-refractivity contribution in [3.8, 4) is 5.75 Å². The van der Waals surface area contributed by atoms with Crippen LogP contribution in [0.25, 0.3) is 0 Å². The molecule has 0 radical (unpaired) electrons. The van der Waals surface area contributed by atoms with Gasteiger partial charge in [0.1, 0.15) is 5.75 Å². The lowest BCUT2D eigenvalue weighted by molar-refractivity contribution is 0.271. The van der Waals surface area contributed by atoms with E-state index < -0.39 is 0 Å². The number of hydrogen-bond acceptors (Lipinski definition) is 4. The van der Waals surface area contributed by atoms with Gasteiger partial charge in [-0.25, -0.2) is 4.98 Å². The number of hydrogen-bond donors (Lipinski definition) is 2. The molecule has 0 fully saturated rings. The van der Waals surface area contributed by atoms with Gasteiger partial charge in [-0.05, 0) is 38.1 Å². The van der Waals surface area contributed by atoms with Gasteiger partial charge in [-0.3, -0.25) is 0 Å². The Kier molecular flexibility index (Phi) is 4.63. The third kappa shape index (κ3) is 3.11. The molecule has 0 spiro atoms. The zero-order valence-corrected chi connectivity index (χ0v) is 12.1. The molecule has 2 aromatic rings. The number of aromatic nitrogens is 2. The van der Waals surface area contributed by atoms with Crippen molar-refractivity contribution in [2.45, 2.75) is 25.9 Å². The zero-order valence-electron chi connectivity index (χ0n) is 12.1. The Labute approximate surface area is 119 Å². The Hall–Kier alpha value is -2.01. The first-order valence-corrected chi connectivity index (χ1v) is 6.69. The molecule has 1 atom stereocenters. The molecule has 1 aromatic carbocycles. The molecule has 2 rings (SSSR count). The molecule has 2 N–H and O–H groups in total. The van der Waals surface area contributed by atoms with Crippen molar-refractivity contribution in [1.82, 2.24) is 9.55 Å². The lowest BCUT2D eigenvalue weighted by atomic mass is 10.2. The van der Waals surface area contributed by atoms with E-state index in [4.69, 9.17) is 4.74 Å². The van der Waals surface area contributed by atoms with Crippen LogP contribution in [-0.4, -0.2) is 28.4 Å². The standard InChI is InChI=1S/C15H21N3O2/c1-11(2)18-10-16-8-15(18)14(9-19)17-12-4-6-13(20-3)7-5-12/h4-8,10-11,14,17,19H,9H2,1-3H3. The average molecular weight is 275 g/mol. The molecule has 1 unspecified atom stereocenters. The minimum Gasteiger partial charge on any atom is -0.497 e. The number of methoxy groups -OCH3 is 1. The van der Waals surface area contributed by atoms with E-state index in [9.17, 15) is 5.11 Å². The fourth-order valence-corrected chi connectivity index (χ4v) is 2.12. The molecule has 0 aliphatic carbocycles. The van der Waals surface area contributed by atoms with E-state index in [0.29, 0.717) is 6.04 Å². The molecule has 5 heteroatoms. The number of benzene rings is 1. The number of anilines is 1. The summed E-state index contributed by atoms with van der Waals surface area (Å²) in [5.74, 6) is 0.809. The normalized spacial score (nSPS) is 12.4. The maximum atomic E-state index is 9.64. The van der Waals surface area contributed by atoms with E-state index in [1.165, 1.54) is 0 Å². The van der Waals surface area contributed by atoms with Crippen molar-refractivity contribution in [3.05, 3.63) is 42.5 Å². The maximum Gasteiger partial charge on any atom is 0.119 e. The van der Waals surface area contributed by atoms with Crippen molar-refractivity contribution >= 4 is 5.69 Å². The molecular weight excluding hydrogens is 254 g/mol. The molecule has 108 valence electrons. The highest BCUT2D eigenvalue weighted by Crippen LogP contribution is 2.23. The highest BCUT2D eigenvalue weighted by atomic mass is 16.5. The smallest absolute Gasteiger partial charge is 0.119 e. The van der Waals surface area contributed by atoms with Crippen LogP contribution in [0.1, 0.15) is 31.6 Å². The van der Waals surface area contributed by atoms with Crippen LogP contribution >= 0.6 is 0 Å². The van der Waals surface area contributed by atoms with Gasteiger partial charge in [0.25, 0.3) is 0 Å². The second kappa shape index (κ2) is 6.43. The van der Waals surface area contributed by atoms with E-state index in [2.05, 4.69) is 28.7 Å². The van der Waals surface area contributed by atoms with Crippen LogP contribution in [0.2, 0.25) is 0 Å². The number of nitrogens with one attached hydrogen (secondary N) is 1. The summed E-state index contributed by atoms with van der Waals surface area (Å²) in [6.45, 7) is 4.18. The van der Waals surface area contributed by atoms with Crippen molar-refractivity contribution in [3.63, 3.8) is 0 Å². The lowest BCUT2D eigenvalue weighted by Crippen LogP contribution is -2.19. The highest BCUT2D eigenvalue weighted by Gasteiger charge is 2.16. The van der Waals surface area contributed by atoms with E-state index >= 15 is 0 Å². The van der Waals surface area contributed by atoms with E-state index in [-0.39, 0.29) is 12.6 Å². The van der Waals surface area contributed by atoms with Crippen LogP contribution in [0, 0.1) is 0 Å². The lowest BCUT2D eigenvalue weighted by Gasteiger charge is -2.21. The molecule has 0 bridgehead atoms. The molecule has 5 nitrogen and oxygen atoms in total. The van der Waals surface area contributed by atoms with Gasteiger partial charge in [0.2, 0.25) is 0 Å². The second-order valence-corrected chi connectivity index (χ2v) is 4.93. The second-order valence-electron chi connectivity index (χ2n) is 4.93. The van der Waals surface area contributed by atoms with Crippen LogP contribution in [0.3, 0.4) is 0 Å². The summed E-state index contributed by atoms with van der Waals surface area (Å²) in [5.41, 5.74) is 1.90. The zero-order chi connectivity index (χ0) is 14.5. The Morgan fingerprint density at radius 2 is 2.00 bits per heavy atom. The van der Waals surface area contributed by atoms with Crippen LogP contribution < -0.4 is 10.1 Å². The first-order chi connectivity index (χ1) is 9.65. The third-order valence-corrected chi connectivity index (χ3v) is 3.22. The molecule has 1 heterocycles. The average Bonchev–Trinajstić information content (AvgIpc) is 2.95. The third-order valence-electron chi connectivity index (χ3n) is 3.22. The summed E-state index contributed by atoms with van der Waals surface area (Å²) in [7, 11) is 1.64. The fourth-order valence-electron chi connectivity index (χ4n) is 2.12. The van der Waals surface area contributed by atoms with Crippen molar-refractivity contribution in [1.29, 1.82) is 0 Å². The van der Waals surface area contributed by atoms with Gasteiger partial charge in [-0.1, -0.05) is 0 Å². The van der Waals surface area contributed by atoms with Crippen molar-refractivity contribution in [2.75, 3.05) is 19.0 Å². The Bertz CT molecular complexity index is 534. The van der Waals surface area contributed by atoms with E-state index in [1.54, 1.807) is 19.6 Å². The highest BCUT2D eigenvalue weighted by molar-refractivity contribution is 5.47. The summed E-state index contributed by atoms with van der Waals surface area (Å²) >= 11 is 0. The van der Waals surface area contributed by atoms with Gasteiger partial charge in [-0.15, -0.1) is 0 Å². The predicted molar refractivity (Wildman–Crippen MR) is 79.1 cm³/mol. The van der Waals surface area contributed by atoms with Crippen LogP contribution in [0.15, 0.2) is 36.8 Å². The number of ether oxygens (including phenoxy) is 1. The first-order valence-electron chi connectivity index (χ1n) is 6.69. The summed E-state index contributed by atoms with van der Waals surface area (Å²) < 4.78 is 7.19. The molecule has 0 amide bonds. The summed E-state index contributed by atoms with van der Waals surface area (Å²) in [4.78, 5) is 4.17. The van der Waals surface area contributed by atoms with E-state index in [1.807, 2.05) is 24.3 Å². The quantitative estimate of drug-likeness (QED) is 0.851. The predicted octanol–water partition coefficient (Wildman–Crippen LogP) is 2.62. The minimum absolute atomic E-state index is 0.00441. The maximum absolute atomic E-state index is 9.64. The molecule has 0 aliphatic heterocycles. The van der Waals surface area contributed by atoms with Gasteiger partial charge < -0.3 is 19.7 Å². The van der Waals surface area contributed by atoms with E-state index in [0.717, 1.165) is 17.1 Å². The molecule has 1 aromatic heterocycles. The number of aliphatic hydroxyl groups is 1. The largest absolute Gasteiger partial charge is 0.497 e. The van der Waals surface area contributed by atoms with Crippen molar-refractivity contribution < 1.29 is 9.84 Å². The fraction of sp³-hybridized carbons (Fsp3) is 0.400. The molecule has 20 heavy (non-hydrogen) atoms. The van der Waals surface area contributed by atoms with Crippen LogP contribution in [-0.2, 0) is 0 Å². The first kappa shape index (κ1) is 14.4. The SMILES string of the molecule is COc1ccc(NC(CO)c2cncn2C(C)C)cc1. The Morgan fingerprint density at radius 1 is 1.30 bits per heavy atom. The number of imidazole rings is 1. The van der Waals surface area contributed by atoms with Gasteiger partial charge in [0.15, 0.2) is 0 Å². The van der Waals surface area contributed by atoms with Crippen LogP contribution in [0.4, 0.5) is 5.69 Å². The van der Waals surface area contributed by atoms with Gasteiger partial charge >= 0.3 is 0 Å². The number of nitrogens with zero attached hydrogens (tertiary/aromatic N) is 2. The Balaban J connectivity index is 2.17. The molecular formula is C15H21N3O2. The van der Waals surface area contributed by atoms with Gasteiger partial charge in [0.05, 0.1) is 38.0 Å².